The van der Waals surface area contributed by atoms with E-state index in [0.29, 0.717) is 34.7 Å². The zero-order valence-electron chi connectivity index (χ0n) is 13.1. The molecule has 0 saturated carbocycles. The molecule has 0 unspecified atom stereocenters. The second-order valence-electron chi connectivity index (χ2n) is 6.01. The van der Waals surface area contributed by atoms with Crippen LogP contribution in [-0.2, 0) is 15.9 Å². The van der Waals surface area contributed by atoms with Crippen molar-refractivity contribution < 1.29 is 23.9 Å². The molecule has 1 aliphatic rings. The summed E-state index contributed by atoms with van der Waals surface area (Å²) in [6, 6.07) is 0. The fraction of sp³-hybridized carbons (Fsp3) is 0.533. The number of carbonyl (C=O) groups is 3. The molecule has 0 radical (unpaired) electrons. The Balaban J connectivity index is 2.36. The topological polar surface area (TPSA) is 81.7 Å². The van der Waals surface area contributed by atoms with E-state index in [9.17, 15) is 14.4 Å². The summed E-state index contributed by atoms with van der Waals surface area (Å²) in [6.07, 6.45) is 1.11. The van der Waals surface area contributed by atoms with Crippen LogP contribution in [0.5, 0.6) is 0 Å². The molecule has 0 aliphatic heterocycles. The second kappa shape index (κ2) is 6.08. The molecule has 1 aromatic rings. The lowest BCUT2D eigenvalue weighted by atomic mass is 9.94. The van der Waals surface area contributed by atoms with Gasteiger partial charge >= 0.3 is 12.1 Å². The minimum absolute atomic E-state index is 0.00589. The van der Waals surface area contributed by atoms with Gasteiger partial charge in [0.25, 0.3) is 0 Å². The van der Waals surface area contributed by atoms with Crippen LogP contribution < -0.4 is 5.32 Å². The van der Waals surface area contributed by atoms with Crippen molar-refractivity contribution in [3.63, 3.8) is 0 Å². The van der Waals surface area contributed by atoms with E-state index in [1.54, 1.807) is 20.8 Å². The van der Waals surface area contributed by atoms with Crippen LogP contribution in [0.2, 0.25) is 0 Å². The zero-order chi connectivity index (χ0) is 16.5. The summed E-state index contributed by atoms with van der Waals surface area (Å²) in [4.78, 5) is 36.5. The van der Waals surface area contributed by atoms with Crippen molar-refractivity contribution in [1.82, 2.24) is 0 Å². The molecule has 120 valence electrons. The summed E-state index contributed by atoms with van der Waals surface area (Å²) >= 11 is 1.11. The van der Waals surface area contributed by atoms with Gasteiger partial charge in [0.15, 0.2) is 5.78 Å². The van der Waals surface area contributed by atoms with Crippen LogP contribution in [0.15, 0.2) is 0 Å². The minimum atomic E-state index is -0.663. The molecule has 1 amide bonds. The van der Waals surface area contributed by atoms with Crippen molar-refractivity contribution in [2.45, 2.75) is 45.6 Å². The van der Waals surface area contributed by atoms with Gasteiger partial charge in [0, 0.05) is 6.42 Å². The number of fused-ring (bicyclic) bond motifs is 1. The van der Waals surface area contributed by atoms with Gasteiger partial charge in [-0.2, -0.15) is 0 Å². The number of thiophene rings is 1. The summed E-state index contributed by atoms with van der Waals surface area (Å²) in [6.45, 7) is 5.24. The maximum atomic E-state index is 12.0. The quantitative estimate of drug-likeness (QED) is 0.843. The Morgan fingerprint density at radius 3 is 2.50 bits per heavy atom. The molecule has 0 fully saturated rings. The third kappa shape index (κ3) is 3.47. The van der Waals surface area contributed by atoms with Crippen LogP contribution in [0.1, 0.15) is 59.2 Å². The Labute approximate surface area is 132 Å². The number of methoxy groups -OCH3 is 1. The van der Waals surface area contributed by atoms with Crippen LogP contribution in [0, 0.1) is 0 Å². The summed E-state index contributed by atoms with van der Waals surface area (Å²) in [5, 5.41) is 2.87. The van der Waals surface area contributed by atoms with Gasteiger partial charge in [0.1, 0.15) is 10.6 Å². The van der Waals surface area contributed by atoms with E-state index in [0.717, 1.165) is 11.3 Å². The average Bonchev–Trinajstić information content (AvgIpc) is 2.75. The molecular weight excluding hydrogens is 306 g/mol. The first-order valence-electron chi connectivity index (χ1n) is 7.00. The predicted octanol–water partition coefficient (Wildman–Crippen LogP) is 3.40. The van der Waals surface area contributed by atoms with Crippen molar-refractivity contribution in [3.8, 4) is 0 Å². The van der Waals surface area contributed by atoms with E-state index >= 15 is 0 Å². The van der Waals surface area contributed by atoms with Gasteiger partial charge in [-0.3, -0.25) is 10.1 Å². The maximum Gasteiger partial charge on any atom is 0.412 e. The smallest absolute Gasteiger partial charge is 0.412 e. The van der Waals surface area contributed by atoms with Gasteiger partial charge in [-0.05, 0) is 39.2 Å². The third-order valence-corrected chi connectivity index (χ3v) is 4.28. The Kier molecular flexibility index (Phi) is 4.55. The molecule has 1 aliphatic carbocycles. The van der Waals surface area contributed by atoms with Crippen molar-refractivity contribution in [1.29, 1.82) is 0 Å². The van der Waals surface area contributed by atoms with Crippen LogP contribution in [0.4, 0.5) is 9.80 Å². The molecule has 2 rings (SSSR count). The van der Waals surface area contributed by atoms with Crippen LogP contribution in [0.25, 0.3) is 0 Å². The molecule has 22 heavy (non-hydrogen) atoms. The van der Waals surface area contributed by atoms with Crippen molar-refractivity contribution in [3.05, 3.63) is 16.0 Å². The molecule has 1 aromatic heterocycles. The Morgan fingerprint density at radius 2 is 1.91 bits per heavy atom. The van der Waals surface area contributed by atoms with Gasteiger partial charge in [-0.15, -0.1) is 11.3 Å². The Morgan fingerprint density at radius 1 is 1.23 bits per heavy atom. The predicted molar refractivity (Wildman–Crippen MR) is 82.8 cm³/mol. The monoisotopic (exact) mass is 325 g/mol. The molecule has 0 aromatic carbocycles. The number of hydrogen-bond acceptors (Lipinski definition) is 6. The number of ketones is 1. The standard InChI is InChI=1S/C15H19NO5S/c1-15(2,3)21-14(19)16-12-10(13(18)20-4)8-6-5-7-9(17)11(8)22-12/h5-7H2,1-4H3,(H,16,19). The van der Waals surface area contributed by atoms with E-state index in [1.165, 1.54) is 7.11 Å². The van der Waals surface area contributed by atoms with Gasteiger partial charge in [0.05, 0.1) is 17.6 Å². The third-order valence-electron chi connectivity index (χ3n) is 3.09. The number of Topliss-reactive ketones (excluding diaryl/α,β-unsaturated/α-hetero) is 1. The van der Waals surface area contributed by atoms with E-state index in [4.69, 9.17) is 9.47 Å². The number of anilines is 1. The lowest BCUT2D eigenvalue weighted by Gasteiger charge is -2.19. The highest BCUT2D eigenvalue weighted by Crippen LogP contribution is 2.38. The van der Waals surface area contributed by atoms with Crippen LogP contribution in [0.3, 0.4) is 0 Å². The van der Waals surface area contributed by atoms with Crippen LogP contribution in [-0.4, -0.2) is 30.6 Å². The second-order valence-corrected chi connectivity index (χ2v) is 7.03. The van der Waals surface area contributed by atoms with Crippen LogP contribution >= 0.6 is 11.3 Å². The largest absolute Gasteiger partial charge is 0.465 e. The van der Waals surface area contributed by atoms with Gasteiger partial charge in [-0.1, -0.05) is 0 Å². The van der Waals surface area contributed by atoms with E-state index in [-0.39, 0.29) is 11.3 Å². The molecule has 0 spiro atoms. The minimum Gasteiger partial charge on any atom is -0.465 e. The number of rotatable bonds is 2. The average molecular weight is 325 g/mol. The number of esters is 1. The summed E-state index contributed by atoms with van der Waals surface area (Å²) < 4.78 is 9.97. The van der Waals surface area contributed by atoms with E-state index in [2.05, 4.69) is 5.32 Å². The summed E-state index contributed by atoms with van der Waals surface area (Å²) in [7, 11) is 1.27. The number of nitrogens with one attached hydrogen (secondary N) is 1. The first kappa shape index (κ1) is 16.5. The Hall–Kier alpha value is -1.89. The molecule has 7 heteroatoms. The number of amides is 1. The Bertz CT molecular complexity index is 627. The number of carbonyl (C=O) groups excluding carboxylic acids is 3. The molecule has 0 atom stereocenters. The molecule has 6 nitrogen and oxygen atoms in total. The lowest BCUT2D eigenvalue weighted by molar-refractivity contribution is 0.0601. The summed E-state index contributed by atoms with van der Waals surface area (Å²) in [5.41, 5.74) is 0.280. The first-order chi connectivity index (χ1) is 10.2. The SMILES string of the molecule is COC(=O)c1c(NC(=O)OC(C)(C)C)sc2c1CCCC2=O. The zero-order valence-corrected chi connectivity index (χ0v) is 13.9. The van der Waals surface area contributed by atoms with Crippen molar-refractivity contribution >= 4 is 34.2 Å². The van der Waals surface area contributed by atoms with E-state index < -0.39 is 17.7 Å². The number of ether oxygens (including phenoxy) is 2. The van der Waals surface area contributed by atoms with Gasteiger partial charge in [0.2, 0.25) is 0 Å². The molecule has 1 heterocycles. The summed E-state index contributed by atoms with van der Waals surface area (Å²) in [5.74, 6) is -0.563. The molecule has 0 bridgehead atoms. The number of hydrogen-bond donors (Lipinski definition) is 1. The fourth-order valence-electron chi connectivity index (χ4n) is 2.27. The lowest BCUT2D eigenvalue weighted by Crippen LogP contribution is -2.27. The van der Waals surface area contributed by atoms with Crippen molar-refractivity contribution in [2.24, 2.45) is 0 Å². The fourth-order valence-corrected chi connectivity index (χ4v) is 3.46. The molecular formula is C15H19NO5S. The molecule has 0 saturated heterocycles. The van der Waals surface area contributed by atoms with Gasteiger partial charge < -0.3 is 9.47 Å². The van der Waals surface area contributed by atoms with E-state index in [1.807, 2.05) is 0 Å². The highest BCUT2D eigenvalue weighted by atomic mass is 32.1. The normalized spacial score (nSPS) is 14.3. The maximum absolute atomic E-state index is 12.0. The molecule has 1 N–H and O–H groups in total. The highest BCUT2D eigenvalue weighted by molar-refractivity contribution is 7.18. The van der Waals surface area contributed by atoms with Gasteiger partial charge in [-0.25, -0.2) is 9.59 Å². The van der Waals surface area contributed by atoms with Crippen molar-refractivity contribution in [2.75, 3.05) is 12.4 Å². The highest BCUT2D eigenvalue weighted by Gasteiger charge is 2.31. The first-order valence-corrected chi connectivity index (χ1v) is 7.81.